The molecule has 2 rings (SSSR count). The van der Waals surface area contributed by atoms with Gasteiger partial charge in [0.15, 0.2) is 11.5 Å². The number of hydrogen-bond donors (Lipinski definition) is 3. The van der Waals surface area contributed by atoms with Crippen LogP contribution in [0.25, 0.3) is 0 Å². The summed E-state index contributed by atoms with van der Waals surface area (Å²) in [7, 11) is 0. The Morgan fingerprint density at radius 2 is 2.05 bits per heavy atom. The highest BCUT2D eigenvalue weighted by Crippen LogP contribution is 2.35. The van der Waals surface area contributed by atoms with Gasteiger partial charge in [-0.3, -0.25) is 4.79 Å². The summed E-state index contributed by atoms with van der Waals surface area (Å²) >= 11 is 0. The molecule has 0 aromatic heterocycles. The van der Waals surface area contributed by atoms with Gasteiger partial charge in [-0.1, -0.05) is 13.8 Å². The summed E-state index contributed by atoms with van der Waals surface area (Å²) in [6, 6.07) is 3.13. The lowest BCUT2D eigenvalue weighted by atomic mass is 9.94. The Bertz CT molecular complexity index is 541. The fourth-order valence-electron chi connectivity index (χ4n) is 2.47. The molecule has 1 unspecified atom stereocenters. The van der Waals surface area contributed by atoms with E-state index in [1.54, 1.807) is 19.1 Å². The van der Waals surface area contributed by atoms with Gasteiger partial charge in [0.05, 0.1) is 11.2 Å². The number of fused-ring (bicyclic) bond motifs is 1. The van der Waals surface area contributed by atoms with Crippen LogP contribution in [0.2, 0.25) is 0 Å². The molecule has 0 fully saturated rings. The fourth-order valence-corrected chi connectivity index (χ4v) is 2.47. The number of carbonyl (C=O) groups is 1. The zero-order valence-electron chi connectivity index (χ0n) is 12.6. The van der Waals surface area contributed by atoms with E-state index in [9.17, 15) is 9.90 Å². The Labute approximate surface area is 124 Å². The van der Waals surface area contributed by atoms with Crippen LogP contribution in [0.3, 0.4) is 0 Å². The third kappa shape index (κ3) is 3.78. The number of rotatable bonds is 5. The molecule has 0 aliphatic carbocycles. The average molecular weight is 294 g/mol. The molecule has 116 valence electrons. The number of anilines is 1. The number of amides is 1. The van der Waals surface area contributed by atoms with Crippen LogP contribution in [0, 0.1) is 5.92 Å². The molecule has 0 radical (unpaired) electrons. The number of carbonyl (C=O) groups excluding carboxylic acids is 1. The zero-order chi connectivity index (χ0) is 15.6. The SMILES string of the molecule is CC(C)CC(C)(O)CNC(=O)c1cc2c(cc1N)OCO2. The molecule has 1 heterocycles. The molecular formula is C15H22N2O4. The number of aliphatic hydroxyl groups is 1. The molecule has 1 aliphatic rings. The highest BCUT2D eigenvalue weighted by atomic mass is 16.7. The number of nitrogens with two attached hydrogens (primary N) is 1. The first-order valence-electron chi connectivity index (χ1n) is 6.98. The molecule has 1 amide bonds. The maximum absolute atomic E-state index is 12.2. The summed E-state index contributed by atoms with van der Waals surface area (Å²) in [4.78, 5) is 12.2. The fraction of sp³-hybridized carbons (Fsp3) is 0.533. The summed E-state index contributed by atoms with van der Waals surface area (Å²) in [5, 5.41) is 12.9. The molecule has 1 aliphatic heterocycles. The number of hydrogen-bond acceptors (Lipinski definition) is 5. The van der Waals surface area contributed by atoms with E-state index in [0.717, 1.165) is 0 Å². The van der Waals surface area contributed by atoms with Gasteiger partial charge in [0, 0.05) is 18.3 Å². The van der Waals surface area contributed by atoms with Crippen molar-refractivity contribution in [2.45, 2.75) is 32.8 Å². The van der Waals surface area contributed by atoms with Gasteiger partial charge in [0.1, 0.15) is 0 Å². The Morgan fingerprint density at radius 1 is 1.43 bits per heavy atom. The van der Waals surface area contributed by atoms with Crippen LogP contribution in [0.5, 0.6) is 11.5 Å². The standard InChI is InChI=1S/C15H22N2O4/c1-9(2)6-15(3,19)7-17-14(18)10-4-12-13(5-11(10)16)21-8-20-12/h4-5,9,19H,6-8,16H2,1-3H3,(H,17,18). The predicted octanol–water partition coefficient (Wildman–Crippen LogP) is 1.52. The second-order valence-electron chi connectivity index (χ2n) is 6.07. The van der Waals surface area contributed by atoms with Crippen molar-refractivity contribution < 1.29 is 19.4 Å². The van der Waals surface area contributed by atoms with E-state index in [1.165, 1.54) is 0 Å². The van der Waals surface area contributed by atoms with Gasteiger partial charge in [-0.05, 0) is 25.3 Å². The molecule has 1 atom stereocenters. The molecule has 0 saturated carbocycles. The average Bonchev–Trinajstić information content (AvgIpc) is 2.80. The molecule has 4 N–H and O–H groups in total. The van der Waals surface area contributed by atoms with E-state index < -0.39 is 5.60 Å². The Morgan fingerprint density at radius 3 is 2.67 bits per heavy atom. The van der Waals surface area contributed by atoms with Crippen LogP contribution < -0.4 is 20.5 Å². The summed E-state index contributed by atoms with van der Waals surface area (Å²) in [6.45, 7) is 6.04. The van der Waals surface area contributed by atoms with E-state index in [-0.39, 0.29) is 19.2 Å². The minimum atomic E-state index is -0.949. The molecule has 0 saturated heterocycles. The van der Waals surface area contributed by atoms with Crippen LogP contribution in [-0.2, 0) is 0 Å². The van der Waals surface area contributed by atoms with Crippen LogP contribution in [0.15, 0.2) is 12.1 Å². The monoisotopic (exact) mass is 294 g/mol. The lowest BCUT2D eigenvalue weighted by Gasteiger charge is -2.25. The Kier molecular flexibility index (Phi) is 4.27. The Balaban J connectivity index is 2.04. The first kappa shape index (κ1) is 15.4. The quantitative estimate of drug-likeness (QED) is 0.716. The van der Waals surface area contributed by atoms with Crippen LogP contribution in [-0.4, -0.2) is 30.0 Å². The van der Waals surface area contributed by atoms with Gasteiger partial charge in [-0.2, -0.15) is 0 Å². The lowest BCUT2D eigenvalue weighted by Crippen LogP contribution is -2.41. The van der Waals surface area contributed by atoms with Gasteiger partial charge >= 0.3 is 0 Å². The maximum Gasteiger partial charge on any atom is 0.253 e. The molecular weight excluding hydrogens is 272 g/mol. The predicted molar refractivity (Wildman–Crippen MR) is 79.4 cm³/mol. The first-order valence-corrected chi connectivity index (χ1v) is 6.98. The molecule has 6 nitrogen and oxygen atoms in total. The van der Waals surface area contributed by atoms with Gasteiger partial charge in [0.2, 0.25) is 6.79 Å². The highest BCUT2D eigenvalue weighted by molar-refractivity contribution is 6.00. The van der Waals surface area contributed by atoms with Crippen LogP contribution in [0.1, 0.15) is 37.6 Å². The molecule has 21 heavy (non-hydrogen) atoms. The van der Waals surface area contributed by atoms with Crippen molar-refractivity contribution >= 4 is 11.6 Å². The van der Waals surface area contributed by atoms with Crippen molar-refractivity contribution in [1.82, 2.24) is 5.32 Å². The zero-order valence-corrected chi connectivity index (χ0v) is 12.6. The number of ether oxygens (including phenoxy) is 2. The van der Waals surface area contributed by atoms with E-state index in [1.807, 2.05) is 13.8 Å². The molecule has 0 spiro atoms. The van der Waals surface area contributed by atoms with Crippen molar-refractivity contribution in [3.63, 3.8) is 0 Å². The van der Waals surface area contributed by atoms with E-state index in [0.29, 0.717) is 35.1 Å². The largest absolute Gasteiger partial charge is 0.454 e. The van der Waals surface area contributed by atoms with E-state index in [2.05, 4.69) is 5.32 Å². The molecule has 0 bridgehead atoms. The third-order valence-electron chi connectivity index (χ3n) is 3.27. The van der Waals surface area contributed by atoms with Crippen LogP contribution in [0.4, 0.5) is 5.69 Å². The first-order chi connectivity index (χ1) is 9.78. The van der Waals surface area contributed by atoms with E-state index in [4.69, 9.17) is 15.2 Å². The number of nitrogens with one attached hydrogen (secondary N) is 1. The van der Waals surface area contributed by atoms with Crippen molar-refractivity contribution in [3.05, 3.63) is 17.7 Å². The Hall–Kier alpha value is -1.95. The van der Waals surface area contributed by atoms with Gasteiger partial charge in [0.25, 0.3) is 5.91 Å². The van der Waals surface area contributed by atoms with Gasteiger partial charge in [-0.15, -0.1) is 0 Å². The lowest BCUT2D eigenvalue weighted by molar-refractivity contribution is 0.0368. The topological polar surface area (TPSA) is 93.8 Å². The maximum atomic E-state index is 12.2. The van der Waals surface area contributed by atoms with Crippen molar-refractivity contribution in [3.8, 4) is 11.5 Å². The summed E-state index contributed by atoms with van der Waals surface area (Å²) in [6.07, 6.45) is 0.601. The van der Waals surface area contributed by atoms with Crippen molar-refractivity contribution in [2.75, 3.05) is 19.1 Å². The second kappa shape index (κ2) is 5.81. The summed E-state index contributed by atoms with van der Waals surface area (Å²) in [5.74, 6) is 1.04. The number of benzene rings is 1. The number of nitrogen functional groups attached to an aromatic ring is 1. The van der Waals surface area contributed by atoms with Crippen molar-refractivity contribution in [2.24, 2.45) is 5.92 Å². The van der Waals surface area contributed by atoms with Crippen LogP contribution >= 0.6 is 0 Å². The smallest absolute Gasteiger partial charge is 0.253 e. The molecule has 1 aromatic carbocycles. The van der Waals surface area contributed by atoms with Gasteiger partial charge in [-0.25, -0.2) is 0 Å². The summed E-state index contributed by atoms with van der Waals surface area (Å²) < 4.78 is 10.4. The second-order valence-corrected chi connectivity index (χ2v) is 6.07. The minimum absolute atomic E-state index is 0.128. The molecule has 6 heteroatoms. The van der Waals surface area contributed by atoms with E-state index >= 15 is 0 Å². The van der Waals surface area contributed by atoms with Crippen molar-refractivity contribution in [1.29, 1.82) is 0 Å². The minimum Gasteiger partial charge on any atom is -0.454 e. The molecule has 1 aromatic rings. The normalized spacial score (nSPS) is 15.9. The summed E-state index contributed by atoms with van der Waals surface area (Å²) in [5.41, 5.74) is 5.54. The highest BCUT2D eigenvalue weighted by Gasteiger charge is 2.24. The third-order valence-corrected chi connectivity index (χ3v) is 3.27. The van der Waals surface area contributed by atoms with Gasteiger partial charge < -0.3 is 25.6 Å².